The molecule has 22 heavy (non-hydrogen) atoms. The third-order valence-corrected chi connectivity index (χ3v) is 3.33. The average Bonchev–Trinajstić information content (AvgIpc) is 2.46. The van der Waals surface area contributed by atoms with Crippen LogP contribution in [-0.4, -0.2) is 32.6 Å². The fraction of sp³-hybridized carbons (Fsp3) is 0.286. The highest BCUT2D eigenvalue weighted by Gasteiger charge is 2.23. The normalized spacial score (nSPS) is 13.5. The van der Waals surface area contributed by atoms with Gasteiger partial charge in [0.05, 0.1) is 10.9 Å². The Kier molecular flexibility index (Phi) is 4.11. The van der Waals surface area contributed by atoms with E-state index in [1.165, 1.54) is 19.9 Å². The zero-order valence-electron chi connectivity index (χ0n) is 12.0. The molecule has 2 rings (SSSR count). The third kappa shape index (κ3) is 2.76. The van der Waals surface area contributed by atoms with Gasteiger partial charge in [0, 0.05) is 0 Å². The molecule has 1 heterocycles. The van der Waals surface area contributed by atoms with Crippen molar-refractivity contribution < 1.29 is 14.7 Å². The standard InChI is InChI=1S/C14H15N3O5/c1-7(13(20)21)15-11(18)8(2)17-12(19)9-5-3-4-6-10(9)16-14(17)22/h3-8H,1-2H3,(H,15,18)(H,16,22)(H,20,21)/t7-,8-/m0/s1. The van der Waals surface area contributed by atoms with Crippen molar-refractivity contribution in [3.05, 3.63) is 45.1 Å². The van der Waals surface area contributed by atoms with E-state index in [9.17, 15) is 19.2 Å². The number of fused-ring (bicyclic) bond motifs is 1. The van der Waals surface area contributed by atoms with Gasteiger partial charge in [0.15, 0.2) is 0 Å². The quantitative estimate of drug-likeness (QED) is 0.724. The number of amides is 1. The highest BCUT2D eigenvalue weighted by Crippen LogP contribution is 2.06. The van der Waals surface area contributed by atoms with Gasteiger partial charge in [-0.15, -0.1) is 0 Å². The van der Waals surface area contributed by atoms with Crippen molar-refractivity contribution in [2.75, 3.05) is 0 Å². The van der Waals surface area contributed by atoms with Gasteiger partial charge < -0.3 is 15.4 Å². The van der Waals surface area contributed by atoms with Crippen molar-refractivity contribution in [1.29, 1.82) is 0 Å². The maximum Gasteiger partial charge on any atom is 0.329 e. The van der Waals surface area contributed by atoms with E-state index in [1.54, 1.807) is 18.2 Å². The lowest BCUT2D eigenvalue weighted by atomic mass is 10.2. The number of aromatic amines is 1. The Bertz CT molecular complexity index is 851. The number of carboxylic acid groups (broad SMARTS) is 1. The summed E-state index contributed by atoms with van der Waals surface area (Å²) in [6.07, 6.45) is 0. The minimum absolute atomic E-state index is 0.271. The smallest absolute Gasteiger partial charge is 0.329 e. The van der Waals surface area contributed by atoms with Crippen LogP contribution in [-0.2, 0) is 9.59 Å². The van der Waals surface area contributed by atoms with Crippen LogP contribution >= 0.6 is 0 Å². The number of carboxylic acids is 1. The number of H-pyrrole nitrogens is 1. The van der Waals surface area contributed by atoms with Gasteiger partial charge in [0.1, 0.15) is 12.1 Å². The van der Waals surface area contributed by atoms with Crippen LogP contribution in [0.3, 0.4) is 0 Å². The lowest BCUT2D eigenvalue weighted by Crippen LogP contribution is -2.47. The summed E-state index contributed by atoms with van der Waals surface area (Å²) in [6, 6.07) is 4.18. The first kappa shape index (κ1) is 15.5. The molecule has 0 radical (unpaired) electrons. The predicted octanol–water partition coefficient (Wildman–Crippen LogP) is -0.160. The molecule has 8 heteroatoms. The Morgan fingerprint density at radius 3 is 2.50 bits per heavy atom. The molecule has 0 aliphatic rings. The second-order valence-corrected chi connectivity index (χ2v) is 4.90. The average molecular weight is 305 g/mol. The number of aliphatic carboxylic acids is 1. The lowest BCUT2D eigenvalue weighted by molar-refractivity contribution is -0.141. The van der Waals surface area contributed by atoms with Crippen LogP contribution in [0.15, 0.2) is 33.9 Å². The number of para-hydroxylation sites is 1. The summed E-state index contributed by atoms with van der Waals surface area (Å²) in [5, 5.41) is 11.3. The molecule has 0 saturated heterocycles. The van der Waals surface area contributed by atoms with Crippen molar-refractivity contribution >= 4 is 22.8 Å². The molecule has 2 atom stereocenters. The Morgan fingerprint density at radius 1 is 1.23 bits per heavy atom. The number of hydrogen-bond acceptors (Lipinski definition) is 4. The second kappa shape index (κ2) is 5.84. The number of carbonyl (C=O) groups is 2. The number of hydrogen-bond donors (Lipinski definition) is 3. The zero-order valence-corrected chi connectivity index (χ0v) is 12.0. The highest BCUT2D eigenvalue weighted by atomic mass is 16.4. The first-order valence-corrected chi connectivity index (χ1v) is 6.59. The molecule has 2 aromatic rings. The van der Waals surface area contributed by atoms with Crippen LogP contribution in [0.5, 0.6) is 0 Å². The Labute approximate surface area is 124 Å². The monoisotopic (exact) mass is 305 g/mol. The molecule has 1 amide bonds. The summed E-state index contributed by atoms with van der Waals surface area (Å²) in [7, 11) is 0. The van der Waals surface area contributed by atoms with Crippen LogP contribution in [0.25, 0.3) is 10.9 Å². The molecule has 0 aliphatic carbocycles. The second-order valence-electron chi connectivity index (χ2n) is 4.90. The maximum atomic E-state index is 12.4. The van der Waals surface area contributed by atoms with Gasteiger partial charge in [-0.2, -0.15) is 0 Å². The van der Waals surface area contributed by atoms with E-state index >= 15 is 0 Å². The number of aromatic nitrogens is 2. The number of nitrogens with zero attached hydrogens (tertiary/aromatic N) is 1. The van der Waals surface area contributed by atoms with Crippen molar-refractivity contribution in [2.24, 2.45) is 0 Å². The maximum absolute atomic E-state index is 12.4. The molecule has 1 aromatic carbocycles. The minimum atomic E-state index is -1.21. The summed E-state index contributed by atoms with van der Waals surface area (Å²) in [4.78, 5) is 49.7. The summed E-state index contributed by atoms with van der Waals surface area (Å²) in [5.41, 5.74) is -0.959. The molecule has 0 spiro atoms. The fourth-order valence-corrected chi connectivity index (χ4v) is 2.04. The van der Waals surface area contributed by atoms with Crippen LogP contribution in [0, 0.1) is 0 Å². The van der Waals surface area contributed by atoms with E-state index in [1.807, 2.05) is 0 Å². The molecule has 0 bridgehead atoms. The first-order valence-electron chi connectivity index (χ1n) is 6.59. The topological polar surface area (TPSA) is 121 Å². The molecule has 0 saturated carbocycles. The molecule has 1 aromatic heterocycles. The van der Waals surface area contributed by atoms with E-state index in [-0.39, 0.29) is 5.39 Å². The van der Waals surface area contributed by atoms with E-state index in [0.717, 1.165) is 4.57 Å². The third-order valence-electron chi connectivity index (χ3n) is 3.33. The van der Waals surface area contributed by atoms with Gasteiger partial charge in [-0.25, -0.2) is 9.36 Å². The largest absolute Gasteiger partial charge is 0.480 e. The first-order chi connectivity index (χ1) is 10.3. The van der Waals surface area contributed by atoms with E-state index < -0.39 is 35.2 Å². The van der Waals surface area contributed by atoms with Gasteiger partial charge in [0.2, 0.25) is 5.91 Å². The van der Waals surface area contributed by atoms with Crippen LogP contribution in [0.2, 0.25) is 0 Å². The van der Waals surface area contributed by atoms with Crippen LogP contribution < -0.4 is 16.6 Å². The zero-order chi connectivity index (χ0) is 16.4. The lowest BCUT2D eigenvalue weighted by Gasteiger charge is -2.16. The van der Waals surface area contributed by atoms with Crippen molar-refractivity contribution in [3.63, 3.8) is 0 Å². The molecule has 3 N–H and O–H groups in total. The number of carbonyl (C=O) groups excluding carboxylic acids is 1. The minimum Gasteiger partial charge on any atom is -0.480 e. The molecule has 0 aliphatic heterocycles. The van der Waals surface area contributed by atoms with Crippen molar-refractivity contribution in [1.82, 2.24) is 14.9 Å². The Morgan fingerprint density at radius 2 is 1.86 bits per heavy atom. The fourth-order valence-electron chi connectivity index (χ4n) is 2.04. The molecule has 116 valence electrons. The molecule has 0 fully saturated rings. The predicted molar refractivity (Wildman–Crippen MR) is 78.8 cm³/mol. The van der Waals surface area contributed by atoms with Gasteiger partial charge in [-0.1, -0.05) is 12.1 Å². The van der Waals surface area contributed by atoms with E-state index in [2.05, 4.69) is 10.3 Å². The van der Waals surface area contributed by atoms with Gasteiger partial charge in [-0.05, 0) is 26.0 Å². The molecule has 8 nitrogen and oxygen atoms in total. The summed E-state index contributed by atoms with van der Waals surface area (Å²) in [6.45, 7) is 2.65. The summed E-state index contributed by atoms with van der Waals surface area (Å²) < 4.78 is 0.770. The van der Waals surface area contributed by atoms with Crippen LogP contribution in [0.4, 0.5) is 0 Å². The van der Waals surface area contributed by atoms with Gasteiger partial charge in [-0.3, -0.25) is 14.4 Å². The van der Waals surface area contributed by atoms with Gasteiger partial charge in [0.25, 0.3) is 5.56 Å². The highest BCUT2D eigenvalue weighted by molar-refractivity contribution is 5.86. The van der Waals surface area contributed by atoms with Crippen molar-refractivity contribution in [2.45, 2.75) is 25.9 Å². The van der Waals surface area contributed by atoms with E-state index in [4.69, 9.17) is 5.11 Å². The Hall–Kier alpha value is -2.90. The summed E-state index contributed by atoms with van der Waals surface area (Å²) in [5.74, 6) is -1.93. The van der Waals surface area contributed by atoms with Crippen molar-refractivity contribution in [3.8, 4) is 0 Å². The number of nitrogens with one attached hydrogen (secondary N) is 2. The van der Waals surface area contributed by atoms with E-state index in [0.29, 0.717) is 5.52 Å². The van der Waals surface area contributed by atoms with Gasteiger partial charge >= 0.3 is 11.7 Å². The Balaban J connectivity index is 2.46. The number of benzene rings is 1. The molecular weight excluding hydrogens is 290 g/mol. The SMILES string of the molecule is C[C@H](NC(=O)[C@H](C)n1c(=O)[nH]c2ccccc2c1=O)C(=O)O. The summed E-state index contributed by atoms with van der Waals surface area (Å²) >= 11 is 0. The molecule has 0 unspecified atom stereocenters. The number of rotatable bonds is 4. The molecular formula is C14H15N3O5. The van der Waals surface area contributed by atoms with Crippen LogP contribution in [0.1, 0.15) is 19.9 Å².